The van der Waals surface area contributed by atoms with Crippen molar-refractivity contribution in [3.05, 3.63) is 45.8 Å². The summed E-state index contributed by atoms with van der Waals surface area (Å²) in [5, 5.41) is 2.95. The van der Waals surface area contributed by atoms with Gasteiger partial charge in [-0.3, -0.25) is 4.79 Å². The highest BCUT2D eigenvalue weighted by atomic mass is 35.5. The first-order chi connectivity index (χ1) is 13.2. The summed E-state index contributed by atoms with van der Waals surface area (Å²) in [6, 6.07) is 4.73. The standard InChI is InChI=1S/C19H22ClN3O3S2/c1-28(25,26)16-7-6-13(9-15(16)20)14(8-12-4-2-3-5-12)19(24)23-17-10-22-18(27)11-21-17/h6-7,9-12,14H,2-5,8H2,1H3,(H,22,27)(H,21,23,24). The molecule has 28 heavy (non-hydrogen) atoms. The molecule has 0 bridgehead atoms. The number of sulfone groups is 1. The van der Waals surface area contributed by atoms with Crippen LogP contribution < -0.4 is 5.32 Å². The van der Waals surface area contributed by atoms with E-state index in [1.807, 2.05) is 0 Å². The Kier molecular flexibility index (Phi) is 6.52. The molecule has 0 saturated heterocycles. The maximum absolute atomic E-state index is 13.0. The molecule has 1 aliphatic carbocycles. The molecule has 1 saturated carbocycles. The van der Waals surface area contributed by atoms with Gasteiger partial charge in [-0.15, -0.1) is 0 Å². The van der Waals surface area contributed by atoms with Gasteiger partial charge < -0.3 is 10.3 Å². The number of rotatable bonds is 6. The summed E-state index contributed by atoms with van der Waals surface area (Å²) in [6.07, 6.45) is 9.34. The molecule has 0 aliphatic heterocycles. The molecule has 1 aromatic carbocycles. The summed E-state index contributed by atoms with van der Waals surface area (Å²) in [4.78, 5) is 20.0. The van der Waals surface area contributed by atoms with Crippen LogP contribution in [0.4, 0.5) is 5.82 Å². The SMILES string of the molecule is CS(=O)(=O)c1ccc(C(CC2CCCC2)C(=O)Nc2c[nH]c(=S)cn2)cc1Cl. The van der Waals surface area contributed by atoms with Gasteiger partial charge in [0.05, 0.1) is 22.0 Å². The maximum Gasteiger partial charge on any atom is 0.233 e. The minimum Gasteiger partial charge on any atom is -0.348 e. The number of carbonyl (C=O) groups is 1. The minimum absolute atomic E-state index is 0.0650. The fraction of sp³-hybridized carbons (Fsp3) is 0.421. The van der Waals surface area contributed by atoms with Gasteiger partial charge in [-0.25, -0.2) is 13.4 Å². The van der Waals surface area contributed by atoms with E-state index in [1.54, 1.807) is 18.3 Å². The van der Waals surface area contributed by atoms with Gasteiger partial charge in [0.2, 0.25) is 5.91 Å². The highest BCUT2D eigenvalue weighted by Crippen LogP contribution is 2.36. The fourth-order valence-corrected chi connectivity index (χ4v) is 5.08. The number of hydrogen-bond donors (Lipinski definition) is 2. The Morgan fingerprint density at radius 2 is 2.11 bits per heavy atom. The second-order valence-electron chi connectivity index (χ2n) is 7.19. The first-order valence-electron chi connectivity index (χ1n) is 9.09. The normalized spacial score (nSPS) is 16.1. The Hall–Kier alpha value is -1.77. The first kappa shape index (κ1) is 21.0. The Labute approximate surface area is 174 Å². The Morgan fingerprint density at radius 1 is 1.39 bits per heavy atom. The number of carbonyl (C=O) groups excluding carboxylic acids is 1. The summed E-state index contributed by atoms with van der Waals surface area (Å²) in [5.74, 6) is 0.194. The van der Waals surface area contributed by atoms with E-state index in [9.17, 15) is 13.2 Å². The summed E-state index contributed by atoms with van der Waals surface area (Å²) >= 11 is 11.2. The lowest BCUT2D eigenvalue weighted by molar-refractivity contribution is -0.118. The van der Waals surface area contributed by atoms with E-state index in [2.05, 4.69) is 15.3 Å². The van der Waals surface area contributed by atoms with Gasteiger partial charge in [-0.05, 0) is 30.0 Å². The summed E-state index contributed by atoms with van der Waals surface area (Å²) < 4.78 is 24.1. The smallest absolute Gasteiger partial charge is 0.233 e. The largest absolute Gasteiger partial charge is 0.348 e. The van der Waals surface area contributed by atoms with Crippen molar-refractivity contribution in [2.24, 2.45) is 5.92 Å². The predicted octanol–water partition coefficient (Wildman–Crippen LogP) is 4.50. The van der Waals surface area contributed by atoms with Crippen molar-refractivity contribution in [2.75, 3.05) is 11.6 Å². The highest BCUT2D eigenvalue weighted by Gasteiger charge is 2.28. The number of nitrogens with zero attached hydrogens (tertiary/aromatic N) is 1. The van der Waals surface area contributed by atoms with Gasteiger partial charge >= 0.3 is 0 Å². The molecule has 0 spiro atoms. The lowest BCUT2D eigenvalue weighted by Crippen LogP contribution is -2.24. The average molecular weight is 440 g/mol. The van der Waals surface area contributed by atoms with Crippen molar-refractivity contribution in [2.45, 2.75) is 42.9 Å². The van der Waals surface area contributed by atoms with Crippen LogP contribution in [0.25, 0.3) is 0 Å². The van der Waals surface area contributed by atoms with Crippen LogP contribution in [-0.4, -0.2) is 30.5 Å². The maximum atomic E-state index is 13.0. The van der Waals surface area contributed by atoms with E-state index in [0.717, 1.165) is 19.1 Å². The molecular weight excluding hydrogens is 418 g/mol. The minimum atomic E-state index is -3.43. The monoisotopic (exact) mass is 439 g/mol. The third-order valence-corrected chi connectivity index (χ3v) is 6.84. The van der Waals surface area contributed by atoms with Crippen LogP contribution in [0, 0.1) is 10.6 Å². The van der Waals surface area contributed by atoms with Crippen LogP contribution in [-0.2, 0) is 14.6 Å². The van der Waals surface area contributed by atoms with E-state index in [-0.39, 0.29) is 15.8 Å². The molecule has 9 heteroatoms. The molecule has 1 amide bonds. The van der Waals surface area contributed by atoms with Gasteiger partial charge in [-0.1, -0.05) is 55.6 Å². The number of aromatic amines is 1. The van der Waals surface area contributed by atoms with Crippen molar-refractivity contribution in [1.29, 1.82) is 0 Å². The molecule has 6 nitrogen and oxygen atoms in total. The summed E-state index contributed by atoms with van der Waals surface area (Å²) in [6.45, 7) is 0. The van der Waals surface area contributed by atoms with Crippen molar-refractivity contribution < 1.29 is 13.2 Å². The average Bonchev–Trinajstić information content (AvgIpc) is 3.13. The van der Waals surface area contributed by atoms with E-state index in [0.29, 0.717) is 28.4 Å². The molecule has 1 fully saturated rings. The number of amides is 1. The summed E-state index contributed by atoms with van der Waals surface area (Å²) in [7, 11) is -3.43. The first-order valence-corrected chi connectivity index (χ1v) is 11.8. The van der Waals surface area contributed by atoms with Crippen LogP contribution >= 0.6 is 23.8 Å². The van der Waals surface area contributed by atoms with Gasteiger partial charge in [0.15, 0.2) is 9.84 Å². The molecule has 1 heterocycles. The van der Waals surface area contributed by atoms with E-state index in [4.69, 9.17) is 23.8 Å². The topological polar surface area (TPSA) is 91.9 Å². The third-order valence-electron chi connectivity index (χ3n) is 5.04. The van der Waals surface area contributed by atoms with Gasteiger partial charge in [0.25, 0.3) is 0 Å². The zero-order chi connectivity index (χ0) is 20.3. The number of benzene rings is 1. The predicted molar refractivity (Wildman–Crippen MR) is 112 cm³/mol. The second kappa shape index (κ2) is 8.71. The molecule has 1 unspecified atom stereocenters. The molecule has 0 radical (unpaired) electrons. The van der Waals surface area contributed by atoms with Gasteiger partial charge in [0.1, 0.15) is 10.5 Å². The second-order valence-corrected chi connectivity index (χ2v) is 10.0. The molecule has 150 valence electrons. The zero-order valence-corrected chi connectivity index (χ0v) is 17.8. The number of nitrogens with one attached hydrogen (secondary N) is 2. The van der Waals surface area contributed by atoms with Crippen LogP contribution in [0.3, 0.4) is 0 Å². The van der Waals surface area contributed by atoms with Crippen molar-refractivity contribution in [3.63, 3.8) is 0 Å². The van der Waals surface area contributed by atoms with Gasteiger partial charge in [0, 0.05) is 12.5 Å². The van der Waals surface area contributed by atoms with Crippen LogP contribution in [0.5, 0.6) is 0 Å². The number of anilines is 1. The van der Waals surface area contributed by atoms with E-state index in [1.165, 1.54) is 25.1 Å². The van der Waals surface area contributed by atoms with E-state index < -0.39 is 15.8 Å². The molecule has 1 aromatic heterocycles. The Bertz CT molecular complexity index is 1010. The molecule has 3 rings (SSSR count). The lowest BCUT2D eigenvalue weighted by atomic mass is 9.87. The fourth-order valence-electron chi connectivity index (χ4n) is 3.63. The third kappa shape index (κ3) is 5.18. The van der Waals surface area contributed by atoms with Crippen LogP contribution in [0.15, 0.2) is 35.5 Å². The molecule has 2 N–H and O–H groups in total. The number of aromatic nitrogens is 2. The van der Waals surface area contributed by atoms with Crippen LogP contribution in [0.2, 0.25) is 5.02 Å². The summed E-state index contributed by atoms with van der Waals surface area (Å²) in [5.41, 5.74) is 0.700. The van der Waals surface area contributed by atoms with Gasteiger partial charge in [-0.2, -0.15) is 0 Å². The van der Waals surface area contributed by atoms with Crippen molar-refractivity contribution in [3.8, 4) is 0 Å². The molecule has 2 aromatic rings. The zero-order valence-electron chi connectivity index (χ0n) is 15.4. The Morgan fingerprint density at radius 3 is 2.68 bits per heavy atom. The number of H-pyrrole nitrogens is 1. The van der Waals surface area contributed by atoms with E-state index >= 15 is 0 Å². The molecule has 1 atom stereocenters. The Balaban J connectivity index is 1.89. The highest BCUT2D eigenvalue weighted by molar-refractivity contribution is 7.90. The molecule has 1 aliphatic rings. The van der Waals surface area contributed by atoms with Crippen molar-refractivity contribution >= 4 is 45.4 Å². The quantitative estimate of drug-likeness (QED) is 0.646. The number of halogens is 1. The van der Waals surface area contributed by atoms with Crippen molar-refractivity contribution in [1.82, 2.24) is 9.97 Å². The van der Waals surface area contributed by atoms with Crippen LogP contribution in [0.1, 0.15) is 43.6 Å². The molecular formula is C19H22ClN3O3S2. The number of hydrogen-bond acceptors (Lipinski definition) is 5. The lowest BCUT2D eigenvalue weighted by Gasteiger charge is -2.21.